The predicted molar refractivity (Wildman–Crippen MR) is 80.6 cm³/mol. The predicted octanol–water partition coefficient (Wildman–Crippen LogP) is 2.26. The van der Waals surface area contributed by atoms with Gasteiger partial charge in [0, 0.05) is 36.5 Å². The minimum Gasteiger partial charge on any atom is -0.338 e. The average Bonchev–Trinajstić information content (AvgIpc) is 2.97. The molecule has 1 unspecified atom stereocenters. The maximum absolute atomic E-state index is 12.6. The Bertz CT molecular complexity index is 546. The van der Waals surface area contributed by atoms with Crippen molar-refractivity contribution in [1.82, 2.24) is 10.2 Å². The summed E-state index contributed by atoms with van der Waals surface area (Å²) >= 11 is 1.02. The van der Waals surface area contributed by atoms with E-state index < -0.39 is 4.92 Å². The Hall–Kier alpha value is -1.47. The van der Waals surface area contributed by atoms with E-state index >= 15 is 0 Å². The van der Waals surface area contributed by atoms with Crippen molar-refractivity contribution in [2.24, 2.45) is 5.41 Å². The summed E-state index contributed by atoms with van der Waals surface area (Å²) in [5.41, 5.74) is 0.654. The third-order valence-corrected chi connectivity index (χ3v) is 5.40. The first kappa shape index (κ1) is 14.5. The van der Waals surface area contributed by atoms with Crippen molar-refractivity contribution in [3.8, 4) is 0 Å². The van der Waals surface area contributed by atoms with Crippen molar-refractivity contribution in [1.29, 1.82) is 0 Å². The van der Waals surface area contributed by atoms with E-state index in [4.69, 9.17) is 0 Å². The lowest BCUT2D eigenvalue weighted by molar-refractivity contribution is -0.380. The van der Waals surface area contributed by atoms with Crippen LogP contribution in [0.25, 0.3) is 0 Å². The quantitative estimate of drug-likeness (QED) is 0.671. The summed E-state index contributed by atoms with van der Waals surface area (Å²) in [6.45, 7) is 3.56. The number of thiophene rings is 1. The summed E-state index contributed by atoms with van der Waals surface area (Å²) < 4.78 is 0. The van der Waals surface area contributed by atoms with Gasteiger partial charge in [0.15, 0.2) is 0 Å². The van der Waals surface area contributed by atoms with E-state index in [9.17, 15) is 14.9 Å². The zero-order chi connectivity index (χ0) is 14.9. The fraction of sp³-hybridized carbons (Fsp3) is 0.643. The topological polar surface area (TPSA) is 75.5 Å². The summed E-state index contributed by atoms with van der Waals surface area (Å²) in [7, 11) is 0. The molecule has 7 heteroatoms. The molecule has 1 aromatic rings. The van der Waals surface area contributed by atoms with E-state index in [1.165, 1.54) is 6.07 Å². The minimum absolute atomic E-state index is 0.0319. The van der Waals surface area contributed by atoms with Crippen LogP contribution < -0.4 is 5.32 Å². The van der Waals surface area contributed by atoms with Crippen LogP contribution in [0.1, 0.15) is 36.0 Å². The second-order valence-electron chi connectivity index (χ2n) is 6.04. The van der Waals surface area contributed by atoms with Gasteiger partial charge in [-0.25, -0.2) is 0 Å². The lowest BCUT2D eigenvalue weighted by Gasteiger charge is -2.45. The molecule has 21 heavy (non-hydrogen) atoms. The Labute approximate surface area is 127 Å². The highest BCUT2D eigenvalue weighted by molar-refractivity contribution is 7.13. The van der Waals surface area contributed by atoms with Crippen LogP contribution in [0.5, 0.6) is 0 Å². The SMILES string of the molecule is O=C(c1csc([N+](=O)[O-])c1)N1CCCC2(CCCNC2)C1. The minimum atomic E-state index is -0.440. The van der Waals surface area contributed by atoms with Gasteiger partial charge in [-0.2, -0.15) is 0 Å². The van der Waals surface area contributed by atoms with Gasteiger partial charge in [-0.05, 0) is 32.2 Å². The number of nitrogens with one attached hydrogen (secondary N) is 1. The molecule has 0 aliphatic carbocycles. The Morgan fingerprint density at radius 1 is 1.43 bits per heavy atom. The van der Waals surface area contributed by atoms with E-state index in [0.717, 1.165) is 63.2 Å². The first-order chi connectivity index (χ1) is 10.1. The highest BCUT2D eigenvalue weighted by Crippen LogP contribution is 2.36. The standard InChI is InChI=1S/C14H19N3O3S/c18-13(11-7-12(17(19)20)21-8-11)16-6-2-4-14(10-16)3-1-5-15-9-14/h7-8,15H,1-6,9-10H2. The zero-order valence-electron chi connectivity index (χ0n) is 11.8. The molecule has 0 radical (unpaired) electrons. The Morgan fingerprint density at radius 2 is 2.24 bits per heavy atom. The number of nitrogens with zero attached hydrogens (tertiary/aromatic N) is 2. The Balaban J connectivity index is 1.73. The maximum Gasteiger partial charge on any atom is 0.324 e. The van der Waals surface area contributed by atoms with Crippen molar-refractivity contribution in [3.63, 3.8) is 0 Å². The number of hydrogen-bond donors (Lipinski definition) is 1. The van der Waals surface area contributed by atoms with Crippen LogP contribution >= 0.6 is 11.3 Å². The van der Waals surface area contributed by atoms with Gasteiger partial charge >= 0.3 is 5.00 Å². The highest BCUT2D eigenvalue weighted by atomic mass is 32.1. The van der Waals surface area contributed by atoms with Gasteiger partial charge in [0.2, 0.25) is 0 Å². The highest BCUT2D eigenvalue weighted by Gasteiger charge is 2.38. The molecule has 2 aliphatic rings. The van der Waals surface area contributed by atoms with Crippen LogP contribution in [0.15, 0.2) is 11.4 Å². The second kappa shape index (κ2) is 5.73. The summed E-state index contributed by atoms with van der Waals surface area (Å²) in [5.74, 6) is -0.0657. The second-order valence-corrected chi connectivity index (χ2v) is 6.93. The Morgan fingerprint density at radius 3 is 2.90 bits per heavy atom. The van der Waals surface area contributed by atoms with E-state index in [-0.39, 0.29) is 16.3 Å². The first-order valence-electron chi connectivity index (χ1n) is 7.33. The van der Waals surface area contributed by atoms with Gasteiger partial charge in [-0.1, -0.05) is 11.3 Å². The van der Waals surface area contributed by atoms with Crippen molar-refractivity contribution in [2.45, 2.75) is 25.7 Å². The van der Waals surface area contributed by atoms with Gasteiger partial charge in [0.05, 0.1) is 10.5 Å². The molecule has 1 N–H and O–H groups in total. The number of amides is 1. The molecular formula is C14H19N3O3S. The normalized spacial score (nSPS) is 26.0. The smallest absolute Gasteiger partial charge is 0.324 e. The van der Waals surface area contributed by atoms with Crippen LogP contribution in [-0.2, 0) is 0 Å². The third-order valence-electron chi connectivity index (χ3n) is 4.52. The number of nitro groups is 1. The molecule has 114 valence electrons. The maximum atomic E-state index is 12.6. The van der Waals surface area contributed by atoms with E-state index in [0.29, 0.717) is 5.56 Å². The molecule has 0 saturated carbocycles. The molecule has 1 amide bonds. The van der Waals surface area contributed by atoms with Crippen molar-refractivity contribution in [2.75, 3.05) is 26.2 Å². The van der Waals surface area contributed by atoms with Gasteiger partial charge in [0.1, 0.15) is 0 Å². The molecule has 2 aliphatic heterocycles. The fourth-order valence-electron chi connectivity index (χ4n) is 3.48. The van der Waals surface area contributed by atoms with Crippen LogP contribution in [0.3, 0.4) is 0 Å². The number of piperidine rings is 2. The van der Waals surface area contributed by atoms with E-state index in [1.807, 2.05) is 4.90 Å². The van der Waals surface area contributed by atoms with Crippen molar-refractivity contribution in [3.05, 3.63) is 27.1 Å². The van der Waals surface area contributed by atoms with Crippen LogP contribution in [0.2, 0.25) is 0 Å². The molecule has 3 rings (SSSR count). The number of carbonyl (C=O) groups excluding carboxylic acids is 1. The lowest BCUT2D eigenvalue weighted by Crippen LogP contribution is -2.52. The lowest BCUT2D eigenvalue weighted by atomic mass is 9.74. The molecule has 0 bridgehead atoms. The number of rotatable bonds is 2. The fourth-order valence-corrected chi connectivity index (χ4v) is 4.17. The van der Waals surface area contributed by atoms with Crippen LogP contribution in [0, 0.1) is 15.5 Å². The molecule has 2 fully saturated rings. The van der Waals surface area contributed by atoms with Gasteiger partial charge in [-0.3, -0.25) is 14.9 Å². The monoisotopic (exact) mass is 309 g/mol. The summed E-state index contributed by atoms with van der Waals surface area (Å²) in [5, 5.41) is 15.8. The van der Waals surface area contributed by atoms with Gasteiger partial charge in [0.25, 0.3) is 5.91 Å². The van der Waals surface area contributed by atoms with E-state index in [1.54, 1.807) is 5.38 Å². The number of carbonyl (C=O) groups is 1. The number of likely N-dealkylation sites (tertiary alicyclic amines) is 1. The number of hydrogen-bond acceptors (Lipinski definition) is 5. The van der Waals surface area contributed by atoms with Crippen LogP contribution in [-0.4, -0.2) is 41.9 Å². The molecule has 3 heterocycles. The molecule has 1 aromatic heterocycles. The molecule has 1 atom stereocenters. The summed E-state index contributed by atoms with van der Waals surface area (Å²) in [6, 6.07) is 1.40. The molecular weight excluding hydrogens is 290 g/mol. The molecule has 1 spiro atoms. The van der Waals surface area contributed by atoms with Crippen molar-refractivity contribution >= 4 is 22.2 Å². The first-order valence-corrected chi connectivity index (χ1v) is 8.21. The summed E-state index contributed by atoms with van der Waals surface area (Å²) in [4.78, 5) is 24.7. The Kier molecular flexibility index (Phi) is 3.95. The van der Waals surface area contributed by atoms with Gasteiger partial charge < -0.3 is 10.2 Å². The van der Waals surface area contributed by atoms with Crippen LogP contribution in [0.4, 0.5) is 5.00 Å². The third kappa shape index (κ3) is 2.94. The van der Waals surface area contributed by atoms with Crippen molar-refractivity contribution < 1.29 is 9.72 Å². The zero-order valence-corrected chi connectivity index (χ0v) is 12.7. The molecule has 2 saturated heterocycles. The summed E-state index contributed by atoms with van der Waals surface area (Å²) in [6.07, 6.45) is 4.49. The molecule has 0 aromatic carbocycles. The van der Waals surface area contributed by atoms with Gasteiger partial charge in [-0.15, -0.1) is 0 Å². The largest absolute Gasteiger partial charge is 0.338 e. The average molecular weight is 309 g/mol. The molecule has 6 nitrogen and oxygen atoms in total. The van der Waals surface area contributed by atoms with E-state index in [2.05, 4.69) is 5.32 Å².